The molecular formula is C23H37N3O4. The predicted molar refractivity (Wildman–Crippen MR) is 119 cm³/mol. The van der Waals surface area contributed by atoms with Gasteiger partial charge in [-0.1, -0.05) is 20.8 Å². The van der Waals surface area contributed by atoms with Gasteiger partial charge in [0, 0.05) is 51.5 Å². The number of anilines is 1. The lowest BCUT2D eigenvalue weighted by atomic mass is 10.0. The van der Waals surface area contributed by atoms with Crippen LogP contribution in [0.2, 0.25) is 0 Å². The average molecular weight is 420 g/mol. The molecule has 0 saturated heterocycles. The Hall–Kier alpha value is -2.12. The Morgan fingerprint density at radius 2 is 2.00 bits per heavy atom. The van der Waals surface area contributed by atoms with Crippen LogP contribution < -0.4 is 10.1 Å². The second kappa shape index (κ2) is 11.3. The molecule has 7 heteroatoms. The van der Waals surface area contributed by atoms with Crippen molar-refractivity contribution >= 4 is 17.5 Å². The first-order chi connectivity index (χ1) is 14.3. The van der Waals surface area contributed by atoms with Gasteiger partial charge in [-0.3, -0.25) is 14.5 Å². The van der Waals surface area contributed by atoms with E-state index in [2.05, 4.69) is 31.0 Å². The maximum Gasteiger partial charge on any atom is 0.257 e. The molecule has 30 heavy (non-hydrogen) atoms. The number of methoxy groups -OCH3 is 1. The molecule has 0 saturated carbocycles. The fourth-order valence-electron chi connectivity index (χ4n) is 3.77. The number of fused-ring (bicyclic) bond motifs is 1. The van der Waals surface area contributed by atoms with Gasteiger partial charge in [-0.15, -0.1) is 0 Å². The highest BCUT2D eigenvalue weighted by Crippen LogP contribution is 2.27. The number of benzene rings is 1. The second-order valence-electron chi connectivity index (χ2n) is 8.20. The van der Waals surface area contributed by atoms with E-state index in [0.29, 0.717) is 36.6 Å². The predicted octanol–water partition coefficient (Wildman–Crippen LogP) is 3.25. The molecule has 0 spiro atoms. The summed E-state index contributed by atoms with van der Waals surface area (Å²) in [5.41, 5.74) is 1.12. The van der Waals surface area contributed by atoms with Crippen molar-refractivity contribution in [2.24, 2.45) is 5.92 Å². The van der Waals surface area contributed by atoms with Crippen LogP contribution in [-0.4, -0.2) is 74.2 Å². The van der Waals surface area contributed by atoms with Gasteiger partial charge in [0.25, 0.3) is 5.91 Å². The molecule has 1 aromatic rings. The molecule has 2 rings (SSSR count). The molecule has 7 nitrogen and oxygen atoms in total. The fraction of sp³-hybridized carbons (Fsp3) is 0.652. The lowest BCUT2D eigenvalue weighted by Gasteiger charge is -2.35. The number of amides is 2. The van der Waals surface area contributed by atoms with Crippen molar-refractivity contribution < 1.29 is 19.1 Å². The van der Waals surface area contributed by atoms with Gasteiger partial charge in [-0.2, -0.15) is 0 Å². The largest absolute Gasteiger partial charge is 0.491 e. The normalized spacial score (nSPS) is 23.7. The topological polar surface area (TPSA) is 71.1 Å². The first kappa shape index (κ1) is 24.2. The van der Waals surface area contributed by atoms with E-state index >= 15 is 0 Å². The molecule has 1 aromatic carbocycles. The summed E-state index contributed by atoms with van der Waals surface area (Å²) in [7, 11) is 3.49. The zero-order chi connectivity index (χ0) is 22.3. The van der Waals surface area contributed by atoms with Crippen LogP contribution in [0.3, 0.4) is 0 Å². The van der Waals surface area contributed by atoms with E-state index < -0.39 is 0 Å². The molecule has 2 amide bonds. The lowest BCUT2D eigenvalue weighted by molar-refractivity contribution is -0.115. The maximum absolute atomic E-state index is 13.2. The third kappa shape index (κ3) is 6.19. The molecule has 0 aliphatic carbocycles. The molecule has 1 aliphatic heterocycles. The van der Waals surface area contributed by atoms with Crippen LogP contribution in [0.4, 0.5) is 5.69 Å². The Morgan fingerprint density at radius 1 is 1.27 bits per heavy atom. The van der Waals surface area contributed by atoms with Gasteiger partial charge < -0.3 is 19.7 Å². The van der Waals surface area contributed by atoms with Crippen molar-refractivity contribution in [1.29, 1.82) is 0 Å². The minimum atomic E-state index is -0.119. The molecular weight excluding hydrogens is 382 g/mol. The summed E-state index contributed by atoms with van der Waals surface area (Å²) in [4.78, 5) is 29.0. The summed E-state index contributed by atoms with van der Waals surface area (Å²) in [5.74, 6) is 0.564. The van der Waals surface area contributed by atoms with E-state index in [1.165, 1.54) is 0 Å². The molecule has 0 aromatic heterocycles. The van der Waals surface area contributed by atoms with E-state index in [9.17, 15) is 9.59 Å². The molecule has 1 aliphatic rings. The molecule has 0 unspecified atom stereocenters. The summed E-state index contributed by atoms with van der Waals surface area (Å²) < 4.78 is 11.9. The Morgan fingerprint density at radius 3 is 2.63 bits per heavy atom. The van der Waals surface area contributed by atoms with Crippen LogP contribution in [0.5, 0.6) is 5.75 Å². The highest BCUT2D eigenvalue weighted by Gasteiger charge is 2.28. The van der Waals surface area contributed by atoms with Gasteiger partial charge in [0.2, 0.25) is 5.91 Å². The van der Waals surface area contributed by atoms with Gasteiger partial charge in [-0.05, 0) is 37.9 Å². The van der Waals surface area contributed by atoms with Gasteiger partial charge >= 0.3 is 0 Å². The van der Waals surface area contributed by atoms with Gasteiger partial charge in [0.15, 0.2) is 0 Å². The highest BCUT2D eigenvalue weighted by molar-refractivity contribution is 5.98. The van der Waals surface area contributed by atoms with Crippen molar-refractivity contribution in [3.63, 3.8) is 0 Å². The number of hydrogen-bond acceptors (Lipinski definition) is 5. The number of nitrogens with one attached hydrogen (secondary N) is 1. The lowest BCUT2D eigenvalue weighted by Crippen LogP contribution is -2.46. The van der Waals surface area contributed by atoms with Crippen LogP contribution in [0.1, 0.15) is 50.9 Å². The number of likely N-dealkylation sites (N-methyl/N-ethyl adjacent to an activating group) is 1. The van der Waals surface area contributed by atoms with Crippen LogP contribution in [0, 0.1) is 5.92 Å². The Balaban J connectivity index is 2.40. The third-order valence-corrected chi connectivity index (χ3v) is 5.69. The van der Waals surface area contributed by atoms with Crippen molar-refractivity contribution in [3.8, 4) is 5.75 Å². The number of rotatable bonds is 5. The molecule has 1 heterocycles. The monoisotopic (exact) mass is 419 g/mol. The van der Waals surface area contributed by atoms with Gasteiger partial charge in [-0.25, -0.2) is 0 Å². The third-order valence-electron chi connectivity index (χ3n) is 5.69. The van der Waals surface area contributed by atoms with E-state index in [-0.39, 0.29) is 29.9 Å². The summed E-state index contributed by atoms with van der Waals surface area (Å²) in [6, 6.07) is 5.40. The molecule has 168 valence electrons. The number of nitrogens with zero attached hydrogens (tertiary/aromatic N) is 2. The van der Waals surface area contributed by atoms with Crippen LogP contribution in [0.15, 0.2) is 18.2 Å². The standard InChI is InChI=1S/C23H37N3O4/c1-7-11-26-13-16(3)21(29-6)14-25(5)23(28)19-10-9-18(24-22(27)8-2)12-20(19)30-15-17(26)4/h9-10,12,16-17,21H,7-8,11,13-15H2,1-6H3,(H,24,27)/t16-,17-,21+/m0/s1. The summed E-state index contributed by atoms with van der Waals surface area (Å²) >= 11 is 0. The van der Waals surface area contributed by atoms with E-state index in [1.807, 2.05) is 0 Å². The summed E-state index contributed by atoms with van der Waals surface area (Å²) in [5, 5.41) is 2.84. The average Bonchev–Trinajstić information content (AvgIpc) is 2.73. The minimum Gasteiger partial charge on any atom is -0.491 e. The Kier molecular flexibility index (Phi) is 9.11. The molecule has 3 atom stereocenters. The molecule has 1 N–H and O–H groups in total. The van der Waals surface area contributed by atoms with Crippen molar-refractivity contribution in [1.82, 2.24) is 9.80 Å². The van der Waals surface area contributed by atoms with E-state index in [0.717, 1.165) is 19.5 Å². The first-order valence-corrected chi connectivity index (χ1v) is 10.9. The van der Waals surface area contributed by atoms with Crippen LogP contribution in [-0.2, 0) is 9.53 Å². The highest BCUT2D eigenvalue weighted by atomic mass is 16.5. The quantitative estimate of drug-likeness (QED) is 0.793. The number of carbonyl (C=O) groups excluding carboxylic acids is 2. The van der Waals surface area contributed by atoms with Crippen molar-refractivity contribution in [2.45, 2.75) is 52.7 Å². The second-order valence-corrected chi connectivity index (χ2v) is 8.20. The van der Waals surface area contributed by atoms with Crippen LogP contribution >= 0.6 is 0 Å². The van der Waals surface area contributed by atoms with Gasteiger partial charge in [0.1, 0.15) is 12.4 Å². The summed E-state index contributed by atoms with van der Waals surface area (Å²) in [6.07, 6.45) is 1.38. The number of hydrogen-bond donors (Lipinski definition) is 1. The molecule has 0 radical (unpaired) electrons. The Bertz CT molecular complexity index is 724. The molecule has 0 bridgehead atoms. The van der Waals surface area contributed by atoms with E-state index in [1.54, 1.807) is 44.2 Å². The molecule has 0 fully saturated rings. The first-order valence-electron chi connectivity index (χ1n) is 10.9. The number of carbonyl (C=O) groups is 2. The van der Waals surface area contributed by atoms with E-state index in [4.69, 9.17) is 9.47 Å². The smallest absolute Gasteiger partial charge is 0.257 e. The number of ether oxygens (including phenoxy) is 2. The zero-order valence-electron chi connectivity index (χ0n) is 19.2. The van der Waals surface area contributed by atoms with Gasteiger partial charge in [0.05, 0.1) is 11.7 Å². The Labute approximate surface area is 180 Å². The fourth-order valence-corrected chi connectivity index (χ4v) is 3.77. The maximum atomic E-state index is 13.2. The SMILES string of the molecule is CCCN1C[C@H](C)[C@H](OC)CN(C)C(=O)c2ccc(NC(=O)CC)cc2OC[C@@H]1C. The van der Waals surface area contributed by atoms with Crippen molar-refractivity contribution in [3.05, 3.63) is 23.8 Å². The van der Waals surface area contributed by atoms with Crippen LogP contribution in [0.25, 0.3) is 0 Å². The summed E-state index contributed by atoms with van der Waals surface area (Å²) in [6.45, 7) is 11.1. The van der Waals surface area contributed by atoms with Crippen molar-refractivity contribution in [2.75, 3.05) is 45.7 Å². The zero-order valence-corrected chi connectivity index (χ0v) is 19.2. The minimum absolute atomic E-state index is 0.0579.